The highest BCUT2D eigenvalue weighted by Crippen LogP contribution is 2.36. The van der Waals surface area contributed by atoms with Gasteiger partial charge in [-0.3, -0.25) is 0 Å². The summed E-state index contributed by atoms with van der Waals surface area (Å²) in [5.41, 5.74) is -0.716. The number of aryl methyl sites for hydroxylation is 1. The van der Waals surface area contributed by atoms with Crippen LogP contribution in [0.2, 0.25) is 0 Å². The Morgan fingerprint density at radius 3 is 2.65 bits per heavy atom. The largest absolute Gasteiger partial charge is 0.468 e. The minimum absolute atomic E-state index is 0.214. The van der Waals surface area contributed by atoms with E-state index in [0.717, 1.165) is 28.8 Å². The summed E-state index contributed by atoms with van der Waals surface area (Å²) < 4.78 is 43.7. The molecule has 0 fully saturated rings. The second-order valence-electron chi connectivity index (χ2n) is 4.05. The fourth-order valence-corrected chi connectivity index (χ4v) is 2.46. The van der Waals surface area contributed by atoms with Gasteiger partial charge >= 0.3 is 6.18 Å². The summed E-state index contributed by atoms with van der Waals surface area (Å²) in [6, 6.07) is 3.75. The van der Waals surface area contributed by atoms with Crippen LogP contribution in [-0.4, -0.2) is 11.5 Å². The molecule has 0 amide bonds. The first-order chi connectivity index (χ1) is 9.40. The fourth-order valence-electron chi connectivity index (χ4n) is 1.58. The number of nitrogens with zero attached hydrogens (tertiary/aromatic N) is 1. The third-order valence-corrected chi connectivity index (χ3v) is 3.57. The molecule has 0 saturated heterocycles. The van der Waals surface area contributed by atoms with Crippen LogP contribution >= 0.6 is 11.8 Å². The van der Waals surface area contributed by atoms with E-state index in [0.29, 0.717) is 12.3 Å². The summed E-state index contributed by atoms with van der Waals surface area (Å²) in [7, 11) is 0. The molecule has 1 N–H and O–H groups in total. The second-order valence-corrected chi connectivity index (χ2v) is 5.11. The number of rotatable bonds is 4. The Kier molecular flexibility index (Phi) is 4.27. The molecule has 0 aliphatic carbocycles. The molecule has 2 rings (SSSR count). The number of nitrogens with one attached hydrogen (secondary N) is 1. The van der Waals surface area contributed by atoms with Crippen molar-refractivity contribution >= 4 is 17.6 Å². The van der Waals surface area contributed by atoms with E-state index in [-0.39, 0.29) is 10.8 Å². The molecule has 3 nitrogen and oxygen atoms in total. The number of anilines is 1. The average Bonchev–Trinajstić information content (AvgIpc) is 2.74. The van der Waals surface area contributed by atoms with Gasteiger partial charge in [0.1, 0.15) is 16.6 Å². The fraction of sp³-hybridized carbons (Fsp3) is 0.308. The van der Waals surface area contributed by atoms with Crippen molar-refractivity contribution in [2.75, 3.05) is 11.9 Å². The molecule has 0 aliphatic rings. The molecule has 0 aromatic carbocycles. The van der Waals surface area contributed by atoms with Gasteiger partial charge in [-0.15, -0.1) is 0 Å². The van der Waals surface area contributed by atoms with E-state index in [9.17, 15) is 13.2 Å². The number of aromatic nitrogens is 1. The normalized spacial score (nSPS) is 11.7. The molecule has 0 radical (unpaired) electrons. The molecular weight excluding hydrogens is 289 g/mol. The summed E-state index contributed by atoms with van der Waals surface area (Å²) in [6.07, 6.45) is -2.90. The summed E-state index contributed by atoms with van der Waals surface area (Å²) in [6.45, 7) is 4.05. The van der Waals surface area contributed by atoms with Crippen LogP contribution in [-0.2, 0) is 6.18 Å². The number of alkyl halides is 3. The van der Waals surface area contributed by atoms with Gasteiger partial charge < -0.3 is 9.73 Å². The monoisotopic (exact) mass is 302 g/mol. The first kappa shape index (κ1) is 14.8. The Morgan fingerprint density at radius 1 is 1.35 bits per heavy atom. The van der Waals surface area contributed by atoms with E-state index in [1.165, 1.54) is 6.26 Å². The van der Waals surface area contributed by atoms with E-state index >= 15 is 0 Å². The van der Waals surface area contributed by atoms with Crippen molar-refractivity contribution in [2.45, 2.75) is 29.9 Å². The van der Waals surface area contributed by atoms with E-state index in [1.807, 2.05) is 0 Å². The molecule has 0 unspecified atom stereocenters. The molecule has 2 aromatic heterocycles. The van der Waals surface area contributed by atoms with Crippen molar-refractivity contribution in [3.63, 3.8) is 0 Å². The Hall–Kier alpha value is -1.63. The van der Waals surface area contributed by atoms with Crippen LogP contribution in [0.1, 0.15) is 18.2 Å². The Labute approximate surface area is 118 Å². The predicted octanol–water partition coefficient (Wildman–Crippen LogP) is 4.58. The summed E-state index contributed by atoms with van der Waals surface area (Å²) in [5.74, 6) is 0.866. The van der Waals surface area contributed by atoms with E-state index < -0.39 is 11.7 Å². The van der Waals surface area contributed by atoms with E-state index in [4.69, 9.17) is 4.42 Å². The first-order valence-electron chi connectivity index (χ1n) is 5.95. The predicted molar refractivity (Wildman–Crippen MR) is 71.0 cm³/mol. The quantitative estimate of drug-likeness (QED) is 0.896. The maximum absolute atomic E-state index is 12.9. The van der Waals surface area contributed by atoms with Gasteiger partial charge in [0.2, 0.25) is 0 Å². The molecule has 2 aromatic rings. The lowest BCUT2D eigenvalue weighted by Crippen LogP contribution is -2.08. The zero-order valence-electron chi connectivity index (χ0n) is 10.9. The Balaban J connectivity index is 2.36. The number of furan rings is 1. The van der Waals surface area contributed by atoms with Crippen molar-refractivity contribution < 1.29 is 17.6 Å². The van der Waals surface area contributed by atoms with Gasteiger partial charge in [0.05, 0.1) is 16.7 Å². The van der Waals surface area contributed by atoms with Gasteiger partial charge in [-0.05, 0) is 32.0 Å². The molecule has 0 saturated carbocycles. The van der Waals surface area contributed by atoms with Crippen LogP contribution < -0.4 is 5.32 Å². The molecule has 108 valence electrons. The van der Waals surface area contributed by atoms with Crippen molar-refractivity contribution in [1.29, 1.82) is 0 Å². The standard InChI is InChI=1S/C13H13F3N2OS/c1-3-17-11-6-9(13(14,15)16)7-12(18-11)20-10-4-5-19-8(10)2/h4-7H,3H2,1-2H3,(H,17,18). The molecule has 20 heavy (non-hydrogen) atoms. The smallest absolute Gasteiger partial charge is 0.416 e. The highest BCUT2D eigenvalue weighted by atomic mass is 32.2. The number of hydrogen-bond donors (Lipinski definition) is 1. The molecule has 0 aliphatic heterocycles. The Morgan fingerprint density at radius 2 is 2.10 bits per heavy atom. The van der Waals surface area contributed by atoms with Crippen LogP contribution in [0.5, 0.6) is 0 Å². The number of pyridine rings is 1. The lowest BCUT2D eigenvalue weighted by atomic mass is 10.2. The summed E-state index contributed by atoms with van der Waals surface area (Å²) in [4.78, 5) is 4.91. The maximum Gasteiger partial charge on any atom is 0.416 e. The number of halogens is 3. The van der Waals surface area contributed by atoms with Gasteiger partial charge in [0, 0.05) is 6.54 Å². The lowest BCUT2D eigenvalue weighted by Gasteiger charge is -2.11. The zero-order valence-corrected chi connectivity index (χ0v) is 11.7. The SMILES string of the molecule is CCNc1cc(C(F)(F)F)cc(Sc2ccoc2C)n1. The van der Waals surface area contributed by atoms with Gasteiger partial charge in [0.15, 0.2) is 0 Å². The van der Waals surface area contributed by atoms with Crippen LogP contribution in [0, 0.1) is 6.92 Å². The summed E-state index contributed by atoms with van der Waals surface area (Å²) in [5, 5.41) is 3.08. The van der Waals surface area contributed by atoms with Crippen LogP contribution in [0.15, 0.2) is 38.8 Å². The van der Waals surface area contributed by atoms with Gasteiger partial charge in [-0.1, -0.05) is 11.8 Å². The Bertz CT molecular complexity index is 596. The molecule has 0 atom stereocenters. The molecule has 2 heterocycles. The summed E-state index contributed by atoms with van der Waals surface area (Å²) >= 11 is 1.15. The third kappa shape index (κ3) is 3.47. The van der Waals surface area contributed by atoms with Crippen LogP contribution in [0.4, 0.5) is 19.0 Å². The number of hydrogen-bond acceptors (Lipinski definition) is 4. The van der Waals surface area contributed by atoms with Gasteiger partial charge in [-0.2, -0.15) is 13.2 Å². The molecular formula is C13H13F3N2OS. The highest BCUT2D eigenvalue weighted by Gasteiger charge is 2.31. The van der Waals surface area contributed by atoms with Crippen molar-refractivity contribution in [3.8, 4) is 0 Å². The highest BCUT2D eigenvalue weighted by molar-refractivity contribution is 7.99. The topological polar surface area (TPSA) is 38.1 Å². The maximum atomic E-state index is 12.9. The van der Waals surface area contributed by atoms with Crippen molar-refractivity contribution in [2.24, 2.45) is 0 Å². The van der Waals surface area contributed by atoms with Crippen LogP contribution in [0.3, 0.4) is 0 Å². The first-order valence-corrected chi connectivity index (χ1v) is 6.77. The van der Waals surface area contributed by atoms with Crippen molar-refractivity contribution in [3.05, 3.63) is 35.8 Å². The van der Waals surface area contributed by atoms with Crippen LogP contribution in [0.25, 0.3) is 0 Å². The lowest BCUT2D eigenvalue weighted by molar-refractivity contribution is -0.137. The van der Waals surface area contributed by atoms with E-state index in [1.54, 1.807) is 19.9 Å². The molecule has 0 bridgehead atoms. The molecule has 0 spiro atoms. The third-order valence-electron chi connectivity index (χ3n) is 2.51. The minimum Gasteiger partial charge on any atom is -0.468 e. The van der Waals surface area contributed by atoms with Crippen molar-refractivity contribution in [1.82, 2.24) is 4.98 Å². The minimum atomic E-state index is -4.39. The molecule has 7 heteroatoms. The van der Waals surface area contributed by atoms with Gasteiger partial charge in [-0.25, -0.2) is 4.98 Å². The zero-order chi connectivity index (χ0) is 14.8. The van der Waals surface area contributed by atoms with E-state index in [2.05, 4.69) is 10.3 Å². The van der Waals surface area contributed by atoms with Gasteiger partial charge in [0.25, 0.3) is 0 Å². The average molecular weight is 302 g/mol. The second kappa shape index (κ2) is 5.78.